The molecule has 100 valence electrons. The van der Waals surface area contributed by atoms with Gasteiger partial charge in [0, 0.05) is 6.20 Å². The predicted octanol–water partition coefficient (Wildman–Crippen LogP) is 2.92. The van der Waals surface area contributed by atoms with E-state index in [1.807, 2.05) is 0 Å². The van der Waals surface area contributed by atoms with Gasteiger partial charge in [0.25, 0.3) is 0 Å². The summed E-state index contributed by atoms with van der Waals surface area (Å²) in [6.07, 6.45) is -3.19. The molecule has 19 heavy (non-hydrogen) atoms. The zero-order chi connectivity index (χ0) is 14.0. The van der Waals surface area contributed by atoms with Crippen molar-refractivity contribution in [2.45, 2.75) is 12.7 Å². The molecular formula is C12H8F4N2O. The first-order valence-electron chi connectivity index (χ1n) is 5.25. The van der Waals surface area contributed by atoms with Crippen LogP contribution in [-0.2, 0) is 12.7 Å². The van der Waals surface area contributed by atoms with Crippen LogP contribution in [0.1, 0.15) is 15.9 Å². The van der Waals surface area contributed by atoms with E-state index in [-0.39, 0.29) is 5.56 Å². The Morgan fingerprint density at radius 3 is 2.53 bits per heavy atom. The lowest BCUT2D eigenvalue weighted by Gasteiger charge is -2.03. The molecule has 0 aliphatic rings. The van der Waals surface area contributed by atoms with Crippen molar-refractivity contribution in [1.29, 1.82) is 0 Å². The van der Waals surface area contributed by atoms with E-state index in [2.05, 4.69) is 5.10 Å². The van der Waals surface area contributed by atoms with E-state index in [0.717, 1.165) is 10.7 Å². The first-order valence-corrected chi connectivity index (χ1v) is 5.25. The number of ketones is 1. The van der Waals surface area contributed by atoms with Crippen LogP contribution in [0, 0.1) is 5.82 Å². The van der Waals surface area contributed by atoms with E-state index in [9.17, 15) is 22.4 Å². The minimum absolute atomic E-state index is 0.174. The highest BCUT2D eigenvalue weighted by atomic mass is 19.4. The van der Waals surface area contributed by atoms with Gasteiger partial charge in [-0.05, 0) is 12.1 Å². The minimum atomic E-state index is -4.51. The summed E-state index contributed by atoms with van der Waals surface area (Å²) >= 11 is 0. The average molecular weight is 272 g/mol. The lowest BCUT2D eigenvalue weighted by molar-refractivity contribution is -0.137. The number of hydrogen-bond acceptors (Lipinski definition) is 2. The van der Waals surface area contributed by atoms with Gasteiger partial charge in [-0.25, -0.2) is 4.39 Å². The Kier molecular flexibility index (Phi) is 3.37. The molecule has 0 saturated carbocycles. The second-order valence-corrected chi connectivity index (χ2v) is 3.83. The molecule has 0 fully saturated rings. The number of halogens is 4. The SMILES string of the molecule is O=C(Cn1cc(C(F)(F)F)cn1)c1ccccc1F. The van der Waals surface area contributed by atoms with Gasteiger partial charge in [0.05, 0.1) is 17.3 Å². The number of nitrogens with zero attached hydrogens (tertiary/aromatic N) is 2. The Morgan fingerprint density at radius 1 is 1.26 bits per heavy atom. The molecule has 0 spiro atoms. The van der Waals surface area contributed by atoms with Crippen molar-refractivity contribution in [2.75, 3.05) is 0 Å². The third-order valence-corrected chi connectivity index (χ3v) is 2.44. The highest BCUT2D eigenvalue weighted by Crippen LogP contribution is 2.28. The van der Waals surface area contributed by atoms with Crippen LogP contribution in [0.25, 0.3) is 0 Å². The highest BCUT2D eigenvalue weighted by Gasteiger charge is 2.32. The molecule has 0 bridgehead atoms. The van der Waals surface area contributed by atoms with Crippen LogP contribution in [0.2, 0.25) is 0 Å². The van der Waals surface area contributed by atoms with Gasteiger partial charge >= 0.3 is 6.18 Å². The van der Waals surface area contributed by atoms with Crippen molar-refractivity contribution in [1.82, 2.24) is 9.78 Å². The second-order valence-electron chi connectivity index (χ2n) is 3.83. The topological polar surface area (TPSA) is 34.9 Å². The largest absolute Gasteiger partial charge is 0.419 e. The normalized spacial score (nSPS) is 11.6. The maximum Gasteiger partial charge on any atom is 0.419 e. The number of Topliss-reactive ketones (excluding diaryl/α,β-unsaturated/α-hetero) is 1. The molecule has 1 aromatic carbocycles. The maximum absolute atomic E-state index is 13.3. The van der Waals surface area contributed by atoms with Crippen LogP contribution < -0.4 is 0 Å². The molecule has 0 saturated heterocycles. The van der Waals surface area contributed by atoms with Gasteiger partial charge in [-0.15, -0.1) is 0 Å². The van der Waals surface area contributed by atoms with Crippen LogP contribution in [0.5, 0.6) is 0 Å². The summed E-state index contributed by atoms with van der Waals surface area (Å²) in [7, 11) is 0. The molecule has 0 radical (unpaired) electrons. The summed E-state index contributed by atoms with van der Waals surface area (Å²) in [4.78, 5) is 11.7. The van der Waals surface area contributed by atoms with Crippen molar-refractivity contribution < 1.29 is 22.4 Å². The minimum Gasteiger partial charge on any atom is -0.292 e. The van der Waals surface area contributed by atoms with E-state index in [1.165, 1.54) is 18.2 Å². The lowest BCUT2D eigenvalue weighted by Crippen LogP contribution is -2.12. The number of carbonyl (C=O) groups is 1. The van der Waals surface area contributed by atoms with Gasteiger partial charge in [0.1, 0.15) is 12.4 Å². The van der Waals surface area contributed by atoms with Crippen molar-refractivity contribution >= 4 is 5.78 Å². The van der Waals surface area contributed by atoms with Crippen molar-refractivity contribution in [3.05, 3.63) is 53.6 Å². The van der Waals surface area contributed by atoms with Crippen LogP contribution in [-0.4, -0.2) is 15.6 Å². The highest BCUT2D eigenvalue weighted by molar-refractivity contribution is 5.96. The van der Waals surface area contributed by atoms with E-state index >= 15 is 0 Å². The number of hydrogen-bond donors (Lipinski definition) is 0. The lowest BCUT2D eigenvalue weighted by atomic mass is 10.1. The Bertz CT molecular complexity index is 604. The molecule has 1 heterocycles. The third-order valence-electron chi connectivity index (χ3n) is 2.44. The van der Waals surface area contributed by atoms with Crippen molar-refractivity contribution in [3.63, 3.8) is 0 Å². The van der Waals surface area contributed by atoms with Crippen LogP contribution in [0.3, 0.4) is 0 Å². The Labute approximate surface area is 105 Å². The number of alkyl halides is 3. The number of carbonyl (C=O) groups excluding carboxylic acids is 1. The molecule has 0 N–H and O–H groups in total. The summed E-state index contributed by atoms with van der Waals surface area (Å²) in [5.74, 6) is -1.36. The van der Waals surface area contributed by atoms with E-state index < -0.39 is 29.9 Å². The van der Waals surface area contributed by atoms with E-state index in [4.69, 9.17) is 0 Å². The molecule has 0 unspecified atom stereocenters. The molecule has 1 aromatic heterocycles. The second kappa shape index (κ2) is 4.83. The Hall–Kier alpha value is -2.18. The number of benzene rings is 1. The van der Waals surface area contributed by atoms with E-state index in [1.54, 1.807) is 0 Å². The molecule has 2 rings (SSSR count). The molecule has 0 aliphatic heterocycles. The quantitative estimate of drug-likeness (QED) is 0.636. The fourth-order valence-corrected chi connectivity index (χ4v) is 1.52. The van der Waals surface area contributed by atoms with Gasteiger partial charge in [0.15, 0.2) is 5.78 Å². The summed E-state index contributed by atoms with van der Waals surface area (Å²) in [6, 6.07) is 5.27. The molecule has 2 aromatic rings. The molecule has 7 heteroatoms. The van der Waals surface area contributed by atoms with Gasteiger partial charge in [-0.2, -0.15) is 18.3 Å². The first-order chi connectivity index (χ1) is 8.88. The molecular weight excluding hydrogens is 264 g/mol. The average Bonchev–Trinajstić information content (AvgIpc) is 2.77. The van der Waals surface area contributed by atoms with Gasteiger partial charge < -0.3 is 0 Å². The van der Waals surface area contributed by atoms with E-state index in [0.29, 0.717) is 12.4 Å². The summed E-state index contributed by atoms with van der Waals surface area (Å²) in [6.45, 7) is -0.447. The molecule has 0 aliphatic carbocycles. The van der Waals surface area contributed by atoms with Crippen LogP contribution in [0.15, 0.2) is 36.7 Å². The standard InChI is InChI=1S/C12H8F4N2O/c13-10-4-2-1-3-9(10)11(19)7-18-6-8(5-17-18)12(14,15)16/h1-6H,7H2. The first kappa shape index (κ1) is 13.3. The molecule has 0 atom stereocenters. The summed E-state index contributed by atoms with van der Waals surface area (Å²) in [5.41, 5.74) is -1.12. The Morgan fingerprint density at radius 2 is 1.95 bits per heavy atom. The number of rotatable bonds is 3. The van der Waals surface area contributed by atoms with Gasteiger partial charge in [-0.3, -0.25) is 9.48 Å². The van der Waals surface area contributed by atoms with Crippen molar-refractivity contribution in [3.8, 4) is 0 Å². The molecule has 3 nitrogen and oxygen atoms in total. The third kappa shape index (κ3) is 2.98. The fraction of sp³-hybridized carbons (Fsp3) is 0.167. The van der Waals surface area contributed by atoms with Crippen molar-refractivity contribution in [2.24, 2.45) is 0 Å². The maximum atomic E-state index is 13.3. The van der Waals surface area contributed by atoms with Gasteiger partial charge in [0.2, 0.25) is 0 Å². The Balaban J connectivity index is 2.16. The zero-order valence-electron chi connectivity index (χ0n) is 9.49. The monoisotopic (exact) mass is 272 g/mol. The molecule has 0 amide bonds. The fourth-order valence-electron chi connectivity index (χ4n) is 1.52. The predicted molar refractivity (Wildman–Crippen MR) is 58.0 cm³/mol. The van der Waals surface area contributed by atoms with Crippen LogP contribution in [0.4, 0.5) is 17.6 Å². The smallest absolute Gasteiger partial charge is 0.292 e. The van der Waals surface area contributed by atoms with Crippen LogP contribution >= 0.6 is 0 Å². The number of aromatic nitrogens is 2. The van der Waals surface area contributed by atoms with Gasteiger partial charge in [-0.1, -0.05) is 12.1 Å². The summed E-state index contributed by atoms with van der Waals surface area (Å²) in [5, 5.41) is 3.43. The zero-order valence-corrected chi connectivity index (χ0v) is 9.49. The summed E-state index contributed by atoms with van der Waals surface area (Å²) < 4.78 is 51.1.